The molecule has 4 nitrogen and oxygen atoms in total. The van der Waals surface area contributed by atoms with E-state index in [2.05, 4.69) is 0 Å². The summed E-state index contributed by atoms with van der Waals surface area (Å²) in [5.41, 5.74) is -0.329. The van der Waals surface area contributed by atoms with Crippen LogP contribution >= 0.6 is 11.6 Å². The topological polar surface area (TPSA) is 59.3 Å². The number of aliphatic carboxylic acids is 1. The fourth-order valence-corrected chi connectivity index (χ4v) is 2.13. The molecule has 94 valence electrons. The third kappa shape index (κ3) is 2.11. The molecule has 0 radical (unpaired) electrons. The van der Waals surface area contributed by atoms with Crippen LogP contribution in [0.25, 0.3) is 10.8 Å². The maximum atomic E-state index is 12.2. The first kappa shape index (κ1) is 12.6. The summed E-state index contributed by atoms with van der Waals surface area (Å²) < 4.78 is 1.24. The van der Waals surface area contributed by atoms with Crippen molar-refractivity contribution in [2.24, 2.45) is 0 Å². The first-order valence-electron chi connectivity index (χ1n) is 5.57. The highest BCUT2D eigenvalue weighted by atomic mass is 35.5. The van der Waals surface area contributed by atoms with Crippen molar-refractivity contribution in [2.75, 3.05) is 0 Å². The zero-order valence-corrected chi connectivity index (χ0v) is 10.5. The molecule has 0 aliphatic carbocycles. The van der Waals surface area contributed by atoms with Crippen LogP contribution in [0.1, 0.15) is 19.4 Å². The van der Waals surface area contributed by atoms with Crippen molar-refractivity contribution in [3.63, 3.8) is 0 Å². The van der Waals surface area contributed by atoms with Gasteiger partial charge in [0.05, 0.1) is 0 Å². The Bertz CT molecular complexity index is 663. The molecule has 0 unspecified atom stereocenters. The number of pyridine rings is 1. The lowest BCUT2D eigenvalue weighted by atomic mass is 10.1. The SMILES string of the molecule is CC[C@@H](C(=O)O)n1ccc2ccc(Cl)cc2c1=O. The molecule has 0 saturated carbocycles. The van der Waals surface area contributed by atoms with E-state index < -0.39 is 12.0 Å². The highest BCUT2D eigenvalue weighted by Gasteiger charge is 2.18. The second kappa shape index (κ2) is 4.82. The Kier molecular flexibility index (Phi) is 3.39. The van der Waals surface area contributed by atoms with Crippen LogP contribution < -0.4 is 5.56 Å². The summed E-state index contributed by atoms with van der Waals surface area (Å²) in [5, 5.41) is 10.7. The first-order valence-corrected chi connectivity index (χ1v) is 5.95. The van der Waals surface area contributed by atoms with Gasteiger partial charge in [-0.2, -0.15) is 0 Å². The molecule has 5 heteroatoms. The molecule has 2 aromatic rings. The fraction of sp³-hybridized carbons (Fsp3) is 0.231. The molecule has 1 N–H and O–H groups in total. The molecule has 1 aromatic carbocycles. The van der Waals surface area contributed by atoms with E-state index in [1.807, 2.05) is 0 Å². The van der Waals surface area contributed by atoms with Crippen molar-refractivity contribution >= 4 is 28.3 Å². The predicted molar refractivity (Wildman–Crippen MR) is 70.2 cm³/mol. The Balaban J connectivity index is 2.71. The molecule has 0 spiro atoms. The minimum absolute atomic E-state index is 0.329. The van der Waals surface area contributed by atoms with E-state index in [1.165, 1.54) is 10.8 Å². The fourth-order valence-electron chi connectivity index (χ4n) is 1.96. The number of carboxylic acids is 1. The number of hydrogen-bond acceptors (Lipinski definition) is 2. The van der Waals surface area contributed by atoms with Crippen LogP contribution in [0.2, 0.25) is 5.02 Å². The standard InChI is InChI=1S/C13H12ClNO3/c1-2-11(13(17)18)15-6-5-8-3-4-9(14)7-10(8)12(15)16/h3-7,11H,2H2,1H3,(H,17,18)/t11-/m0/s1. The van der Waals surface area contributed by atoms with Crippen LogP contribution in [-0.2, 0) is 4.79 Å². The molecule has 1 heterocycles. The summed E-state index contributed by atoms with van der Waals surface area (Å²) in [6.07, 6.45) is 1.86. The van der Waals surface area contributed by atoms with Crippen molar-refractivity contribution in [3.8, 4) is 0 Å². The van der Waals surface area contributed by atoms with Gasteiger partial charge in [0.25, 0.3) is 5.56 Å². The number of benzene rings is 1. The highest BCUT2D eigenvalue weighted by Crippen LogP contribution is 2.18. The third-order valence-electron chi connectivity index (χ3n) is 2.90. The monoisotopic (exact) mass is 265 g/mol. The maximum Gasteiger partial charge on any atom is 0.326 e. The average Bonchev–Trinajstić information content (AvgIpc) is 2.33. The Morgan fingerprint density at radius 2 is 2.17 bits per heavy atom. The summed E-state index contributed by atoms with van der Waals surface area (Å²) >= 11 is 5.85. The summed E-state index contributed by atoms with van der Waals surface area (Å²) in [6.45, 7) is 1.73. The van der Waals surface area contributed by atoms with Crippen LogP contribution in [0.5, 0.6) is 0 Å². The van der Waals surface area contributed by atoms with Gasteiger partial charge in [-0.25, -0.2) is 4.79 Å². The summed E-state index contributed by atoms with van der Waals surface area (Å²) in [6, 6.07) is 5.87. The van der Waals surface area contributed by atoms with Crippen molar-refractivity contribution in [1.29, 1.82) is 0 Å². The first-order chi connectivity index (χ1) is 8.54. The Hall–Kier alpha value is -1.81. The van der Waals surface area contributed by atoms with Gasteiger partial charge in [0.1, 0.15) is 6.04 Å². The lowest BCUT2D eigenvalue weighted by molar-refractivity contribution is -0.141. The number of fused-ring (bicyclic) bond motifs is 1. The molecule has 1 atom stereocenters. The molecule has 0 fully saturated rings. The molecule has 0 bridgehead atoms. The lowest BCUT2D eigenvalue weighted by Gasteiger charge is -2.14. The van der Waals surface area contributed by atoms with Crippen LogP contribution in [0.3, 0.4) is 0 Å². The van der Waals surface area contributed by atoms with E-state index in [4.69, 9.17) is 16.7 Å². The van der Waals surface area contributed by atoms with Crippen molar-refractivity contribution < 1.29 is 9.90 Å². The van der Waals surface area contributed by atoms with Gasteiger partial charge in [-0.05, 0) is 30.0 Å². The second-order valence-electron chi connectivity index (χ2n) is 4.02. The average molecular weight is 266 g/mol. The normalized spacial score (nSPS) is 12.6. The third-order valence-corrected chi connectivity index (χ3v) is 3.14. The van der Waals surface area contributed by atoms with Gasteiger partial charge in [0, 0.05) is 16.6 Å². The zero-order chi connectivity index (χ0) is 13.3. The van der Waals surface area contributed by atoms with E-state index in [0.717, 1.165) is 5.39 Å². The molecule has 0 aliphatic heterocycles. The molecule has 2 rings (SSSR count). The maximum absolute atomic E-state index is 12.2. The lowest BCUT2D eigenvalue weighted by Crippen LogP contribution is -2.29. The minimum atomic E-state index is -1.01. The largest absolute Gasteiger partial charge is 0.480 e. The van der Waals surface area contributed by atoms with Gasteiger partial charge in [-0.15, -0.1) is 0 Å². The Morgan fingerprint density at radius 3 is 2.78 bits per heavy atom. The molecular formula is C13H12ClNO3. The van der Waals surface area contributed by atoms with Crippen LogP contribution in [0.15, 0.2) is 35.3 Å². The number of aromatic nitrogens is 1. The van der Waals surface area contributed by atoms with Gasteiger partial charge in [0.15, 0.2) is 0 Å². The van der Waals surface area contributed by atoms with E-state index in [1.54, 1.807) is 31.2 Å². The van der Waals surface area contributed by atoms with Crippen molar-refractivity contribution in [1.82, 2.24) is 4.57 Å². The Morgan fingerprint density at radius 1 is 1.44 bits per heavy atom. The van der Waals surface area contributed by atoms with E-state index in [9.17, 15) is 9.59 Å². The zero-order valence-electron chi connectivity index (χ0n) is 9.76. The summed E-state index contributed by atoms with van der Waals surface area (Å²) in [4.78, 5) is 23.3. The number of carboxylic acid groups (broad SMARTS) is 1. The van der Waals surface area contributed by atoms with Crippen LogP contribution in [0, 0.1) is 0 Å². The van der Waals surface area contributed by atoms with Gasteiger partial charge in [-0.3, -0.25) is 4.79 Å². The van der Waals surface area contributed by atoms with Crippen LogP contribution in [0.4, 0.5) is 0 Å². The van der Waals surface area contributed by atoms with Crippen molar-refractivity contribution in [3.05, 3.63) is 45.8 Å². The minimum Gasteiger partial charge on any atom is -0.480 e. The molecule has 0 aliphatic rings. The number of halogens is 1. The molecular weight excluding hydrogens is 254 g/mol. The quantitative estimate of drug-likeness (QED) is 0.928. The van der Waals surface area contributed by atoms with E-state index in [0.29, 0.717) is 16.8 Å². The molecule has 0 amide bonds. The van der Waals surface area contributed by atoms with Gasteiger partial charge in [0.2, 0.25) is 0 Å². The molecule has 0 saturated heterocycles. The van der Waals surface area contributed by atoms with Gasteiger partial charge >= 0.3 is 5.97 Å². The number of rotatable bonds is 3. The highest BCUT2D eigenvalue weighted by molar-refractivity contribution is 6.31. The smallest absolute Gasteiger partial charge is 0.326 e. The number of hydrogen-bond donors (Lipinski definition) is 1. The summed E-state index contributed by atoms with van der Waals surface area (Å²) in [7, 11) is 0. The Labute approximate surface area is 108 Å². The van der Waals surface area contributed by atoms with E-state index >= 15 is 0 Å². The molecule has 1 aromatic heterocycles. The molecule has 18 heavy (non-hydrogen) atoms. The van der Waals surface area contributed by atoms with E-state index in [-0.39, 0.29) is 5.56 Å². The van der Waals surface area contributed by atoms with Gasteiger partial charge < -0.3 is 9.67 Å². The number of carbonyl (C=O) groups is 1. The second-order valence-corrected chi connectivity index (χ2v) is 4.46. The van der Waals surface area contributed by atoms with Gasteiger partial charge in [-0.1, -0.05) is 24.6 Å². The predicted octanol–water partition coefficient (Wildman–Crippen LogP) is 2.69. The van der Waals surface area contributed by atoms with Crippen LogP contribution in [-0.4, -0.2) is 15.6 Å². The van der Waals surface area contributed by atoms with Crippen molar-refractivity contribution in [2.45, 2.75) is 19.4 Å². The number of nitrogens with zero attached hydrogens (tertiary/aromatic N) is 1. The summed E-state index contributed by atoms with van der Waals surface area (Å²) in [5.74, 6) is -1.01.